The molecule has 158 valence electrons. The molecule has 3 atom stereocenters. The van der Waals surface area contributed by atoms with Gasteiger partial charge in [0.1, 0.15) is 0 Å². The van der Waals surface area contributed by atoms with Crippen molar-refractivity contribution in [1.29, 1.82) is 0 Å². The maximum atomic E-state index is 12.3. The van der Waals surface area contributed by atoms with E-state index in [-0.39, 0.29) is 29.4 Å². The average molecular weight is 519 g/mol. The van der Waals surface area contributed by atoms with Crippen molar-refractivity contribution in [2.24, 2.45) is 10.4 Å². The maximum absolute atomic E-state index is 12.3. The summed E-state index contributed by atoms with van der Waals surface area (Å²) in [4.78, 5) is 4.37. The number of hydrogen-bond donors (Lipinski definition) is 2. The van der Waals surface area contributed by atoms with Crippen LogP contribution < -0.4 is 10.6 Å². The zero-order valence-electron chi connectivity index (χ0n) is 17.0. The number of guanidine groups is 1. The standard InChI is InChI=1S/C21H33N3O2S.HI/c1-3-26-19-15-18(21(19)11-7-8-12-21)24-20(22-2)23-13-14-27(25)16-17-9-5-4-6-10-17;/h4-6,9-10,18-19H,3,7-8,11-16H2,1-2H3,(H2,22,23,24);1H. The Morgan fingerprint density at radius 3 is 2.64 bits per heavy atom. The molecule has 1 aromatic rings. The predicted molar refractivity (Wildman–Crippen MR) is 128 cm³/mol. The van der Waals surface area contributed by atoms with Crippen molar-refractivity contribution in [3.63, 3.8) is 0 Å². The number of nitrogens with one attached hydrogen (secondary N) is 2. The molecule has 0 saturated heterocycles. The number of nitrogens with zero attached hydrogens (tertiary/aromatic N) is 1. The Labute approximate surface area is 189 Å². The summed E-state index contributed by atoms with van der Waals surface area (Å²) in [6, 6.07) is 10.4. The van der Waals surface area contributed by atoms with Crippen LogP contribution in [0.15, 0.2) is 35.3 Å². The van der Waals surface area contributed by atoms with Gasteiger partial charge in [0, 0.05) is 54.0 Å². The molecule has 28 heavy (non-hydrogen) atoms. The van der Waals surface area contributed by atoms with Crippen LogP contribution in [-0.4, -0.2) is 48.3 Å². The molecule has 3 unspecified atom stereocenters. The molecule has 0 amide bonds. The summed E-state index contributed by atoms with van der Waals surface area (Å²) in [5.41, 5.74) is 1.40. The van der Waals surface area contributed by atoms with Crippen molar-refractivity contribution in [3.8, 4) is 0 Å². The van der Waals surface area contributed by atoms with Gasteiger partial charge in [0.15, 0.2) is 5.96 Å². The van der Waals surface area contributed by atoms with E-state index < -0.39 is 10.8 Å². The minimum atomic E-state index is -0.872. The molecule has 0 bridgehead atoms. The lowest BCUT2D eigenvalue weighted by Gasteiger charge is -2.54. The zero-order valence-corrected chi connectivity index (χ0v) is 20.1. The zero-order chi connectivity index (χ0) is 19.1. The molecule has 2 N–H and O–H groups in total. The van der Waals surface area contributed by atoms with Crippen molar-refractivity contribution < 1.29 is 8.95 Å². The van der Waals surface area contributed by atoms with Crippen LogP contribution in [0.3, 0.4) is 0 Å². The van der Waals surface area contributed by atoms with Crippen LogP contribution in [0, 0.1) is 5.41 Å². The summed E-state index contributed by atoms with van der Waals surface area (Å²) in [7, 11) is 0.930. The summed E-state index contributed by atoms with van der Waals surface area (Å²) in [5, 5.41) is 6.95. The predicted octanol–water partition coefficient (Wildman–Crippen LogP) is 3.46. The first-order chi connectivity index (χ1) is 13.2. The number of hydrogen-bond acceptors (Lipinski definition) is 3. The first kappa shape index (κ1) is 23.6. The Morgan fingerprint density at radius 2 is 2.00 bits per heavy atom. The molecular weight excluding hydrogens is 485 g/mol. The van der Waals surface area contributed by atoms with Gasteiger partial charge in [-0.2, -0.15) is 0 Å². The van der Waals surface area contributed by atoms with Crippen LogP contribution in [0.2, 0.25) is 0 Å². The van der Waals surface area contributed by atoms with E-state index in [1.807, 2.05) is 30.3 Å². The maximum Gasteiger partial charge on any atom is 0.191 e. The third-order valence-electron chi connectivity index (χ3n) is 6.01. The fraction of sp³-hybridized carbons (Fsp3) is 0.667. The molecule has 2 saturated carbocycles. The molecular formula is C21H34IN3O2S. The molecule has 0 radical (unpaired) electrons. The fourth-order valence-corrected chi connectivity index (χ4v) is 5.60. The molecule has 2 aliphatic carbocycles. The molecule has 1 spiro atoms. The second kappa shape index (κ2) is 11.5. The van der Waals surface area contributed by atoms with Crippen molar-refractivity contribution in [3.05, 3.63) is 35.9 Å². The van der Waals surface area contributed by atoms with Crippen molar-refractivity contribution in [2.75, 3.05) is 26.0 Å². The lowest BCUT2D eigenvalue weighted by molar-refractivity contribution is -0.125. The van der Waals surface area contributed by atoms with Gasteiger partial charge in [-0.1, -0.05) is 43.2 Å². The van der Waals surface area contributed by atoms with Crippen LogP contribution >= 0.6 is 24.0 Å². The van der Waals surface area contributed by atoms with E-state index in [9.17, 15) is 4.21 Å². The van der Waals surface area contributed by atoms with E-state index in [0.29, 0.717) is 30.2 Å². The molecule has 0 aromatic heterocycles. The smallest absolute Gasteiger partial charge is 0.191 e. The van der Waals surface area contributed by atoms with Crippen LogP contribution in [0.5, 0.6) is 0 Å². The summed E-state index contributed by atoms with van der Waals surface area (Å²) in [6.07, 6.45) is 6.52. The molecule has 7 heteroatoms. The summed E-state index contributed by atoms with van der Waals surface area (Å²) in [6.45, 7) is 3.53. The quantitative estimate of drug-likeness (QED) is 0.314. The highest BCUT2D eigenvalue weighted by Gasteiger charge is 2.56. The monoisotopic (exact) mass is 519 g/mol. The molecule has 2 aliphatic rings. The lowest BCUT2D eigenvalue weighted by atomic mass is 9.60. The van der Waals surface area contributed by atoms with E-state index in [0.717, 1.165) is 24.6 Å². The van der Waals surface area contributed by atoms with Gasteiger partial charge in [-0.3, -0.25) is 9.20 Å². The third kappa shape index (κ3) is 5.69. The minimum Gasteiger partial charge on any atom is -0.378 e. The fourth-order valence-electron chi connectivity index (χ4n) is 4.56. The molecule has 2 fully saturated rings. The van der Waals surface area contributed by atoms with Gasteiger partial charge in [-0.25, -0.2) is 0 Å². The van der Waals surface area contributed by atoms with Crippen molar-refractivity contribution in [1.82, 2.24) is 10.6 Å². The Morgan fingerprint density at radius 1 is 1.29 bits per heavy atom. The first-order valence-electron chi connectivity index (χ1n) is 10.2. The topological polar surface area (TPSA) is 62.7 Å². The van der Waals surface area contributed by atoms with Gasteiger partial charge < -0.3 is 15.4 Å². The van der Waals surface area contributed by atoms with Crippen LogP contribution in [0.1, 0.15) is 44.6 Å². The molecule has 5 nitrogen and oxygen atoms in total. The van der Waals surface area contributed by atoms with Crippen LogP contribution in [-0.2, 0) is 21.3 Å². The van der Waals surface area contributed by atoms with Crippen LogP contribution in [0.25, 0.3) is 0 Å². The number of ether oxygens (including phenoxy) is 1. The van der Waals surface area contributed by atoms with Gasteiger partial charge in [-0.15, -0.1) is 24.0 Å². The molecule has 0 aliphatic heterocycles. The second-order valence-corrected chi connectivity index (χ2v) is 9.17. The number of aliphatic imine (C=N–C) groups is 1. The Bertz CT molecular complexity index is 650. The van der Waals surface area contributed by atoms with Gasteiger partial charge >= 0.3 is 0 Å². The second-order valence-electron chi connectivity index (χ2n) is 7.59. The molecule has 0 heterocycles. The van der Waals surface area contributed by atoms with Gasteiger partial charge in [-0.05, 0) is 31.7 Å². The molecule has 3 rings (SSSR count). The number of benzene rings is 1. The Hall–Kier alpha value is -0.670. The Balaban J connectivity index is 0.00000280. The van der Waals surface area contributed by atoms with E-state index in [4.69, 9.17) is 4.74 Å². The summed E-state index contributed by atoms with van der Waals surface area (Å²) >= 11 is 0. The van der Waals surface area contributed by atoms with E-state index in [2.05, 4.69) is 22.5 Å². The summed E-state index contributed by atoms with van der Waals surface area (Å²) < 4.78 is 18.3. The third-order valence-corrected chi connectivity index (χ3v) is 7.33. The van der Waals surface area contributed by atoms with Gasteiger partial charge in [0.2, 0.25) is 0 Å². The van der Waals surface area contributed by atoms with Gasteiger partial charge in [0.25, 0.3) is 0 Å². The lowest BCUT2D eigenvalue weighted by Crippen LogP contribution is -2.65. The average Bonchev–Trinajstić information content (AvgIpc) is 3.20. The van der Waals surface area contributed by atoms with Crippen molar-refractivity contribution in [2.45, 2.75) is 56.9 Å². The highest BCUT2D eigenvalue weighted by atomic mass is 127. The highest BCUT2D eigenvalue weighted by molar-refractivity contribution is 14.0. The largest absolute Gasteiger partial charge is 0.378 e. The van der Waals surface area contributed by atoms with Gasteiger partial charge in [0.05, 0.1) is 6.10 Å². The van der Waals surface area contributed by atoms with E-state index >= 15 is 0 Å². The number of rotatable bonds is 8. The number of halogens is 1. The van der Waals surface area contributed by atoms with E-state index in [1.165, 1.54) is 25.7 Å². The molecule has 1 aromatic carbocycles. The van der Waals surface area contributed by atoms with E-state index in [1.54, 1.807) is 7.05 Å². The first-order valence-corrected chi connectivity index (χ1v) is 11.6. The highest BCUT2D eigenvalue weighted by Crippen LogP contribution is 2.54. The van der Waals surface area contributed by atoms with Crippen molar-refractivity contribution >= 4 is 40.7 Å². The summed E-state index contributed by atoms with van der Waals surface area (Å²) in [5.74, 6) is 2.04. The normalized spacial score (nSPS) is 24.3. The SMILES string of the molecule is CCOC1CC(NC(=NC)NCCS(=O)Cc2ccccc2)C12CCCC2.I. The Kier molecular flexibility index (Phi) is 9.69. The van der Waals surface area contributed by atoms with Crippen LogP contribution in [0.4, 0.5) is 0 Å². The minimum absolute atomic E-state index is 0.